The lowest BCUT2D eigenvalue weighted by molar-refractivity contribution is 0.210. The van der Waals surface area contributed by atoms with Gasteiger partial charge in [-0.1, -0.05) is 0 Å². The predicted molar refractivity (Wildman–Crippen MR) is 46.8 cm³/mol. The van der Waals surface area contributed by atoms with Crippen LogP contribution in [0.3, 0.4) is 0 Å². The number of rotatable bonds is 2. The second-order valence-corrected chi connectivity index (χ2v) is 2.96. The van der Waals surface area contributed by atoms with Crippen molar-refractivity contribution >= 4 is 0 Å². The van der Waals surface area contributed by atoms with Crippen LogP contribution in [0.4, 0.5) is 0 Å². The molecule has 0 spiro atoms. The standard InChI is InChI=1S/C8H11N3O2/c12-7-8(11-4-3-10-7)13-6-1-2-9-5-6/h3-4,6,9H,1-2,5H2,(H,10,12). The molecule has 0 amide bonds. The van der Waals surface area contributed by atoms with E-state index in [0.29, 0.717) is 0 Å². The van der Waals surface area contributed by atoms with E-state index in [9.17, 15) is 4.79 Å². The average Bonchev–Trinajstić information content (AvgIpc) is 2.61. The zero-order valence-corrected chi connectivity index (χ0v) is 7.12. The van der Waals surface area contributed by atoms with Gasteiger partial charge in [-0.05, 0) is 13.0 Å². The predicted octanol–water partition coefficient (Wildman–Crippen LogP) is -0.489. The van der Waals surface area contributed by atoms with Crippen molar-refractivity contribution in [1.82, 2.24) is 15.3 Å². The summed E-state index contributed by atoms with van der Waals surface area (Å²) in [5.41, 5.74) is -0.269. The quantitative estimate of drug-likeness (QED) is 0.646. The second-order valence-electron chi connectivity index (χ2n) is 2.96. The zero-order valence-electron chi connectivity index (χ0n) is 7.12. The maximum Gasteiger partial charge on any atom is 0.310 e. The van der Waals surface area contributed by atoms with Gasteiger partial charge >= 0.3 is 5.56 Å². The largest absolute Gasteiger partial charge is 0.469 e. The highest BCUT2D eigenvalue weighted by Gasteiger charge is 2.17. The van der Waals surface area contributed by atoms with Crippen LogP contribution in [0, 0.1) is 0 Å². The normalized spacial score (nSPS) is 21.7. The summed E-state index contributed by atoms with van der Waals surface area (Å²) >= 11 is 0. The third-order valence-electron chi connectivity index (χ3n) is 1.97. The molecule has 1 saturated heterocycles. The summed E-state index contributed by atoms with van der Waals surface area (Å²) in [5, 5.41) is 3.15. The van der Waals surface area contributed by atoms with Crippen molar-refractivity contribution in [2.24, 2.45) is 0 Å². The fourth-order valence-electron chi connectivity index (χ4n) is 1.31. The summed E-state index contributed by atoms with van der Waals surface area (Å²) in [5.74, 6) is 0.163. The van der Waals surface area contributed by atoms with Crippen LogP contribution in [0.2, 0.25) is 0 Å². The molecule has 1 atom stereocenters. The van der Waals surface area contributed by atoms with Gasteiger partial charge in [0, 0.05) is 18.9 Å². The lowest BCUT2D eigenvalue weighted by atomic mass is 10.3. The van der Waals surface area contributed by atoms with Crippen LogP contribution < -0.4 is 15.6 Å². The summed E-state index contributed by atoms with van der Waals surface area (Å²) in [6.45, 7) is 1.73. The highest BCUT2D eigenvalue weighted by Crippen LogP contribution is 2.05. The van der Waals surface area contributed by atoms with Gasteiger partial charge in [0.2, 0.25) is 0 Å². The monoisotopic (exact) mass is 181 g/mol. The van der Waals surface area contributed by atoms with Crippen LogP contribution in [0.5, 0.6) is 5.88 Å². The Hall–Kier alpha value is -1.36. The minimum Gasteiger partial charge on any atom is -0.469 e. The molecule has 1 unspecified atom stereocenters. The number of H-pyrrole nitrogens is 1. The molecule has 2 N–H and O–H groups in total. The second kappa shape index (κ2) is 3.57. The molecule has 0 bridgehead atoms. The zero-order chi connectivity index (χ0) is 9.10. The fraction of sp³-hybridized carbons (Fsp3) is 0.500. The molecule has 70 valence electrons. The minimum absolute atomic E-state index is 0.0796. The Balaban J connectivity index is 2.08. The molecule has 5 nitrogen and oxygen atoms in total. The Bertz CT molecular complexity index is 330. The number of hydrogen-bond acceptors (Lipinski definition) is 4. The summed E-state index contributed by atoms with van der Waals surface area (Å²) < 4.78 is 5.39. The van der Waals surface area contributed by atoms with Crippen molar-refractivity contribution in [1.29, 1.82) is 0 Å². The Morgan fingerprint density at radius 1 is 1.62 bits per heavy atom. The molecule has 1 fully saturated rings. The summed E-state index contributed by atoms with van der Waals surface area (Å²) in [6.07, 6.45) is 4.01. The first-order valence-electron chi connectivity index (χ1n) is 4.27. The van der Waals surface area contributed by atoms with E-state index in [1.807, 2.05) is 0 Å². The maximum atomic E-state index is 11.1. The Morgan fingerprint density at radius 2 is 2.54 bits per heavy atom. The molecule has 0 radical (unpaired) electrons. The first-order chi connectivity index (χ1) is 6.36. The van der Waals surface area contributed by atoms with E-state index in [0.717, 1.165) is 19.5 Å². The van der Waals surface area contributed by atoms with E-state index in [1.165, 1.54) is 12.4 Å². The van der Waals surface area contributed by atoms with Gasteiger partial charge in [0.1, 0.15) is 6.10 Å². The number of aromatic nitrogens is 2. The van der Waals surface area contributed by atoms with Crippen LogP contribution in [-0.2, 0) is 0 Å². The third-order valence-corrected chi connectivity index (χ3v) is 1.97. The number of nitrogens with zero attached hydrogens (tertiary/aromatic N) is 1. The molecule has 2 rings (SSSR count). The Labute approximate surface area is 75.1 Å². The van der Waals surface area contributed by atoms with Gasteiger partial charge in [-0.2, -0.15) is 0 Å². The summed E-state index contributed by atoms with van der Waals surface area (Å²) in [7, 11) is 0. The van der Waals surface area contributed by atoms with E-state index in [-0.39, 0.29) is 17.5 Å². The Kier molecular flexibility index (Phi) is 2.27. The fourth-order valence-corrected chi connectivity index (χ4v) is 1.31. The van der Waals surface area contributed by atoms with Gasteiger partial charge in [-0.3, -0.25) is 4.79 Å². The van der Waals surface area contributed by atoms with Crippen LogP contribution >= 0.6 is 0 Å². The van der Waals surface area contributed by atoms with E-state index in [1.54, 1.807) is 0 Å². The topological polar surface area (TPSA) is 67.0 Å². The number of nitrogens with one attached hydrogen (secondary N) is 2. The van der Waals surface area contributed by atoms with Crippen molar-refractivity contribution in [3.05, 3.63) is 22.7 Å². The van der Waals surface area contributed by atoms with Crippen LogP contribution in [0.1, 0.15) is 6.42 Å². The van der Waals surface area contributed by atoms with Gasteiger partial charge in [-0.15, -0.1) is 0 Å². The van der Waals surface area contributed by atoms with E-state index in [4.69, 9.17) is 4.74 Å². The van der Waals surface area contributed by atoms with Crippen molar-refractivity contribution in [2.75, 3.05) is 13.1 Å². The summed E-state index contributed by atoms with van der Waals surface area (Å²) in [6, 6.07) is 0. The van der Waals surface area contributed by atoms with Crippen molar-refractivity contribution < 1.29 is 4.74 Å². The molecule has 0 aromatic carbocycles. The first kappa shape index (κ1) is 8.25. The first-order valence-corrected chi connectivity index (χ1v) is 4.27. The van der Waals surface area contributed by atoms with Gasteiger partial charge in [0.25, 0.3) is 5.88 Å². The van der Waals surface area contributed by atoms with E-state index in [2.05, 4.69) is 15.3 Å². The highest BCUT2D eigenvalue weighted by molar-refractivity contribution is 5.03. The van der Waals surface area contributed by atoms with Crippen molar-refractivity contribution in [3.63, 3.8) is 0 Å². The van der Waals surface area contributed by atoms with Gasteiger partial charge in [0.05, 0.1) is 0 Å². The van der Waals surface area contributed by atoms with E-state index >= 15 is 0 Å². The molecule has 13 heavy (non-hydrogen) atoms. The lowest BCUT2D eigenvalue weighted by Crippen LogP contribution is -2.24. The average molecular weight is 181 g/mol. The SMILES string of the molecule is O=c1[nH]ccnc1OC1CCNC1. The van der Waals surface area contributed by atoms with Crippen molar-refractivity contribution in [2.45, 2.75) is 12.5 Å². The molecule has 2 heterocycles. The number of ether oxygens (including phenoxy) is 1. The third kappa shape index (κ3) is 1.86. The molecule has 5 heteroatoms. The molecule has 1 aromatic heterocycles. The number of aromatic amines is 1. The van der Waals surface area contributed by atoms with Crippen molar-refractivity contribution in [3.8, 4) is 5.88 Å². The van der Waals surface area contributed by atoms with Crippen LogP contribution in [0.15, 0.2) is 17.2 Å². The smallest absolute Gasteiger partial charge is 0.310 e. The summed E-state index contributed by atoms with van der Waals surface area (Å²) in [4.78, 5) is 17.5. The maximum absolute atomic E-state index is 11.1. The molecular formula is C8H11N3O2. The molecule has 1 aliphatic rings. The number of hydrogen-bond donors (Lipinski definition) is 2. The molecule has 0 aliphatic carbocycles. The van der Waals surface area contributed by atoms with Crippen LogP contribution in [0.25, 0.3) is 0 Å². The van der Waals surface area contributed by atoms with E-state index < -0.39 is 0 Å². The molecule has 0 saturated carbocycles. The van der Waals surface area contributed by atoms with Gasteiger partial charge in [-0.25, -0.2) is 4.98 Å². The van der Waals surface area contributed by atoms with Gasteiger partial charge in [0.15, 0.2) is 0 Å². The molecule has 1 aromatic rings. The highest BCUT2D eigenvalue weighted by atomic mass is 16.5. The minimum atomic E-state index is -0.269. The van der Waals surface area contributed by atoms with Crippen LogP contribution in [-0.4, -0.2) is 29.2 Å². The lowest BCUT2D eigenvalue weighted by Gasteiger charge is -2.09. The van der Waals surface area contributed by atoms with Gasteiger partial charge < -0.3 is 15.0 Å². The molecular weight excluding hydrogens is 170 g/mol. The Morgan fingerprint density at radius 3 is 3.23 bits per heavy atom. The molecule has 1 aliphatic heterocycles.